The van der Waals surface area contributed by atoms with Gasteiger partial charge in [-0.3, -0.25) is 4.90 Å². The van der Waals surface area contributed by atoms with Gasteiger partial charge in [-0.25, -0.2) is 4.99 Å². The van der Waals surface area contributed by atoms with Crippen LogP contribution >= 0.6 is 0 Å². The third kappa shape index (κ3) is 2.71. The predicted molar refractivity (Wildman–Crippen MR) is 101 cm³/mol. The Morgan fingerprint density at radius 2 is 1.92 bits per heavy atom. The van der Waals surface area contributed by atoms with Crippen molar-refractivity contribution in [3.05, 3.63) is 30.1 Å². The second-order valence-corrected chi connectivity index (χ2v) is 6.70. The second kappa shape index (κ2) is 6.44. The number of aromatic nitrogens is 2. The van der Waals surface area contributed by atoms with Gasteiger partial charge in [-0.05, 0) is 37.8 Å². The fourth-order valence-electron chi connectivity index (χ4n) is 3.83. The molecule has 2 aliphatic rings. The topological polar surface area (TPSA) is 119 Å². The first-order valence-electron chi connectivity index (χ1n) is 9.05. The van der Waals surface area contributed by atoms with Gasteiger partial charge in [0.15, 0.2) is 5.82 Å². The Bertz CT molecular complexity index is 864. The molecule has 0 atom stereocenters. The monoisotopic (exact) mass is 353 g/mol. The van der Waals surface area contributed by atoms with E-state index in [-0.39, 0.29) is 5.96 Å². The van der Waals surface area contributed by atoms with Crippen LogP contribution in [-0.4, -0.2) is 27.7 Å². The molecule has 0 bridgehead atoms. The molecule has 2 aromatic rings. The van der Waals surface area contributed by atoms with Gasteiger partial charge in [0.25, 0.3) is 5.89 Å². The summed E-state index contributed by atoms with van der Waals surface area (Å²) < 4.78 is 5.48. The van der Waals surface area contributed by atoms with Crippen molar-refractivity contribution in [2.75, 3.05) is 4.90 Å². The lowest BCUT2D eigenvalue weighted by molar-refractivity contribution is 0.305. The van der Waals surface area contributed by atoms with Gasteiger partial charge in [-0.15, -0.1) is 0 Å². The summed E-state index contributed by atoms with van der Waals surface area (Å²) in [4.78, 5) is 15.4. The number of para-hydroxylation sites is 1. The van der Waals surface area contributed by atoms with Gasteiger partial charge in [0.05, 0.1) is 11.3 Å². The number of rotatable bonds is 3. The van der Waals surface area contributed by atoms with Crippen LogP contribution in [0.1, 0.15) is 44.9 Å². The van der Waals surface area contributed by atoms with Crippen molar-refractivity contribution < 1.29 is 4.52 Å². The van der Waals surface area contributed by atoms with Crippen LogP contribution in [0.2, 0.25) is 0 Å². The Hall–Kier alpha value is -2.90. The summed E-state index contributed by atoms with van der Waals surface area (Å²) in [6, 6.07) is 7.84. The van der Waals surface area contributed by atoms with Gasteiger partial charge in [0.1, 0.15) is 5.66 Å². The van der Waals surface area contributed by atoms with Crippen LogP contribution in [0, 0.1) is 0 Å². The molecule has 1 fully saturated rings. The van der Waals surface area contributed by atoms with E-state index in [0.717, 1.165) is 36.9 Å². The molecular weight excluding hydrogens is 330 g/mol. The van der Waals surface area contributed by atoms with E-state index in [1.165, 1.54) is 6.42 Å². The SMILES string of the molecule is CCc1noc(-c2ccccc2N2C(N)=NC(N)=NC23CCCCC3)n1. The predicted octanol–water partition coefficient (Wildman–Crippen LogP) is 2.41. The molecular formula is C18H23N7O. The maximum Gasteiger partial charge on any atom is 0.260 e. The van der Waals surface area contributed by atoms with Crippen molar-refractivity contribution in [3.63, 3.8) is 0 Å². The summed E-state index contributed by atoms with van der Waals surface area (Å²) >= 11 is 0. The molecule has 1 aromatic carbocycles. The van der Waals surface area contributed by atoms with Gasteiger partial charge < -0.3 is 16.0 Å². The molecule has 1 spiro atoms. The normalized spacial score (nSPS) is 19.3. The first kappa shape index (κ1) is 16.6. The number of nitrogens with two attached hydrogens (primary N) is 2. The molecule has 1 aromatic heterocycles. The first-order valence-corrected chi connectivity index (χ1v) is 9.05. The van der Waals surface area contributed by atoms with Crippen LogP contribution in [0.4, 0.5) is 5.69 Å². The summed E-state index contributed by atoms with van der Waals surface area (Å²) in [5.74, 6) is 1.73. The number of aliphatic imine (C=N–C) groups is 2. The molecule has 0 radical (unpaired) electrons. The van der Waals surface area contributed by atoms with Crippen LogP contribution in [-0.2, 0) is 6.42 Å². The Morgan fingerprint density at radius 3 is 2.65 bits per heavy atom. The number of guanidine groups is 2. The summed E-state index contributed by atoms with van der Waals surface area (Å²) in [6.07, 6.45) is 5.80. The fourth-order valence-corrected chi connectivity index (χ4v) is 3.83. The van der Waals surface area contributed by atoms with E-state index in [0.29, 0.717) is 24.1 Å². The minimum Gasteiger partial charge on any atom is -0.369 e. The molecule has 0 unspecified atom stereocenters. The molecule has 0 saturated heterocycles. The van der Waals surface area contributed by atoms with Crippen molar-refractivity contribution >= 4 is 17.6 Å². The summed E-state index contributed by atoms with van der Waals surface area (Å²) in [5.41, 5.74) is 13.5. The molecule has 8 heteroatoms. The molecule has 1 saturated carbocycles. The van der Waals surface area contributed by atoms with E-state index >= 15 is 0 Å². The zero-order valence-electron chi connectivity index (χ0n) is 14.9. The highest BCUT2D eigenvalue weighted by atomic mass is 16.5. The molecule has 136 valence electrons. The van der Waals surface area contributed by atoms with E-state index in [1.54, 1.807) is 0 Å². The fraction of sp³-hybridized carbons (Fsp3) is 0.444. The summed E-state index contributed by atoms with van der Waals surface area (Å²) in [5, 5.41) is 4.02. The summed E-state index contributed by atoms with van der Waals surface area (Å²) in [6.45, 7) is 1.99. The first-order chi connectivity index (χ1) is 12.6. The van der Waals surface area contributed by atoms with E-state index in [4.69, 9.17) is 21.0 Å². The standard InChI is InChI=1S/C18H23N7O/c1-2-14-21-15(26-24-14)12-8-4-5-9-13(12)25-17(20)22-16(19)23-18(25)10-6-3-7-11-18/h4-5,8-9H,2-3,6-7,10-11H2,1H3,(H4,19,20,22,23). The molecule has 8 nitrogen and oxygen atoms in total. The second-order valence-electron chi connectivity index (χ2n) is 6.70. The van der Waals surface area contributed by atoms with E-state index in [9.17, 15) is 0 Å². The van der Waals surface area contributed by atoms with Crippen LogP contribution in [0.3, 0.4) is 0 Å². The Labute approximate surface area is 152 Å². The molecule has 1 aliphatic heterocycles. The van der Waals surface area contributed by atoms with E-state index in [2.05, 4.69) is 15.1 Å². The molecule has 4 N–H and O–H groups in total. The van der Waals surface area contributed by atoms with E-state index in [1.807, 2.05) is 36.1 Å². The van der Waals surface area contributed by atoms with Crippen LogP contribution in [0.25, 0.3) is 11.5 Å². The van der Waals surface area contributed by atoms with Crippen LogP contribution < -0.4 is 16.4 Å². The largest absolute Gasteiger partial charge is 0.369 e. The van der Waals surface area contributed by atoms with Crippen LogP contribution in [0.5, 0.6) is 0 Å². The lowest BCUT2D eigenvalue weighted by Gasteiger charge is -2.46. The lowest BCUT2D eigenvalue weighted by atomic mass is 9.87. The van der Waals surface area contributed by atoms with Gasteiger partial charge in [0, 0.05) is 6.42 Å². The van der Waals surface area contributed by atoms with E-state index < -0.39 is 5.66 Å². The maximum atomic E-state index is 6.33. The third-order valence-electron chi connectivity index (χ3n) is 5.01. The smallest absolute Gasteiger partial charge is 0.260 e. The number of aryl methyl sites for hydroxylation is 1. The molecule has 26 heavy (non-hydrogen) atoms. The highest BCUT2D eigenvalue weighted by Crippen LogP contribution is 2.42. The summed E-state index contributed by atoms with van der Waals surface area (Å²) in [7, 11) is 0. The van der Waals surface area contributed by atoms with Crippen molar-refractivity contribution in [3.8, 4) is 11.5 Å². The quantitative estimate of drug-likeness (QED) is 0.874. The number of hydrogen-bond acceptors (Lipinski definition) is 8. The van der Waals surface area contributed by atoms with Crippen molar-refractivity contribution in [2.45, 2.75) is 51.1 Å². The number of hydrogen-bond donors (Lipinski definition) is 2. The minimum absolute atomic E-state index is 0.240. The minimum atomic E-state index is -0.502. The molecule has 0 amide bonds. The molecule has 2 heterocycles. The van der Waals surface area contributed by atoms with Crippen molar-refractivity contribution in [1.29, 1.82) is 0 Å². The van der Waals surface area contributed by atoms with Gasteiger partial charge >= 0.3 is 0 Å². The van der Waals surface area contributed by atoms with Crippen molar-refractivity contribution in [2.24, 2.45) is 21.5 Å². The molecule has 4 rings (SSSR count). The Kier molecular flexibility index (Phi) is 4.10. The average Bonchev–Trinajstić information content (AvgIpc) is 3.11. The van der Waals surface area contributed by atoms with Crippen LogP contribution in [0.15, 0.2) is 38.8 Å². The van der Waals surface area contributed by atoms with Gasteiger partial charge in [-0.1, -0.05) is 30.6 Å². The number of anilines is 1. The van der Waals surface area contributed by atoms with Crippen molar-refractivity contribution in [1.82, 2.24) is 10.1 Å². The molecule has 1 aliphatic carbocycles. The van der Waals surface area contributed by atoms with Gasteiger partial charge in [0.2, 0.25) is 11.9 Å². The Balaban J connectivity index is 1.84. The highest BCUT2D eigenvalue weighted by Gasteiger charge is 2.43. The number of nitrogens with zero attached hydrogens (tertiary/aromatic N) is 5. The maximum absolute atomic E-state index is 6.33. The number of benzene rings is 1. The third-order valence-corrected chi connectivity index (χ3v) is 5.01. The zero-order chi connectivity index (χ0) is 18.1. The lowest BCUT2D eigenvalue weighted by Crippen LogP contribution is -2.58. The Morgan fingerprint density at radius 1 is 1.15 bits per heavy atom. The van der Waals surface area contributed by atoms with Gasteiger partial charge in [-0.2, -0.15) is 9.98 Å². The highest BCUT2D eigenvalue weighted by molar-refractivity contribution is 6.07. The zero-order valence-corrected chi connectivity index (χ0v) is 14.9. The average molecular weight is 353 g/mol.